The Hall–Kier alpha value is -2.18. The average molecular weight is 389 g/mol. The Morgan fingerprint density at radius 2 is 1.63 bits per heavy atom. The number of benzene rings is 2. The second kappa shape index (κ2) is 8.23. The van der Waals surface area contributed by atoms with Crippen molar-refractivity contribution >= 4 is 15.9 Å². The van der Waals surface area contributed by atoms with Crippen LogP contribution in [-0.4, -0.2) is 30.7 Å². The van der Waals surface area contributed by atoms with Crippen molar-refractivity contribution in [3.8, 4) is 0 Å². The van der Waals surface area contributed by atoms with E-state index in [9.17, 15) is 13.2 Å². The highest BCUT2D eigenvalue weighted by atomic mass is 32.2. The molecule has 0 bridgehead atoms. The van der Waals surface area contributed by atoms with Crippen LogP contribution in [0.3, 0.4) is 0 Å². The molecule has 2 rings (SSSR count). The number of carbonyl (C=O) groups is 1. The highest BCUT2D eigenvalue weighted by Gasteiger charge is 2.28. The predicted molar refractivity (Wildman–Crippen MR) is 108 cm³/mol. The Bertz CT molecular complexity index is 898. The van der Waals surface area contributed by atoms with Crippen LogP contribution in [0.4, 0.5) is 0 Å². The second-order valence-corrected chi connectivity index (χ2v) is 9.81. The molecular weight excluding hydrogens is 360 g/mol. The van der Waals surface area contributed by atoms with Gasteiger partial charge in [0.2, 0.25) is 15.9 Å². The number of nitrogens with zero attached hydrogens (tertiary/aromatic N) is 1. The number of aryl methyl sites for hydroxylation is 2. The summed E-state index contributed by atoms with van der Waals surface area (Å²) < 4.78 is 27.6. The molecule has 0 unspecified atom stereocenters. The summed E-state index contributed by atoms with van der Waals surface area (Å²) in [5.41, 5.74) is 2.43. The molecule has 6 heteroatoms. The number of amides is 1. The summed E-state index contributed by atoms with van der Waals surface area (Å²) in [6.45, 7) is 9.35. The van der Waals surface area contributed by atoms with Crippen LogP contribution >= 0.6 is 0 Å². The Kier molecular flexibility index (Phi) is 6.44. The SMILES string of the molecule is Cc1ccc(S(=O)(=O)N(CC(=O)NC(C)(C)C)Cc2cccc(C)c2)cc1. The lowest BCUT2D eigenvalue weighted by Gasteiger charge is -2.25. The van der Waals surface area contributed by atoms with E-state index in [1.165, 1.54) is 4.31 Å². The zero-order valence-electron chi connectivity index (χ0n) is 16.6. The van der Waals surface area contributed by atoms with Crippen molar-refractivity contribution in [3.05, 3.63) is 65.2 Å². The van der Waals surface area contributed by atoms with E-state index in [0.29, 0.717) is 0 Å². The first-order valence-electron chi connectivity index (χ1n) is 8.91. The van der Waals surface area contributed by atoms with Crippen LogP contribution < -0.4 is 5.32 Å². The van der Waals surface area contributed by atoms with E-state index in [2.05, 4.69) is 5.32 Å². The van der Waals surface area contributed by atoms with Gasteiger partial charge in [-0.2, -0.15) is 4.31 Å². The summed E-state index contributed by atoms with van der Waals surface area (Å²) in [5.74, 6) is -0.328. The average Bonchev–Trinajstić information content (AvgIpc) is 2.53. The number of rotatable bonds is 6. The normalized spacial score (nSPS) is 12.2. The van der Waals surface area contributed by atoms with Gasteiger partial charge in [0, 0.05) is 12.1 Å². The molecule has 0 aliphatic carbocycles. The topological polar surface area (TPSA) is 66.5 Å². The van der Waals surface area contributed by atoms with Gasteiger partial charge < -0.3 is 5.32 Å². The number of hydrogen-bond donors (Lipinski definition) is 1. The lowest BCUT2D eigenvalue weighted by molar-refractivity contribution is -0.122. The van der Waals surface area contributed by atoms with Gasteiger partial charge in [0.15, 0.2) is 0 Å². The van der Waals surface area contributed by atoms with Crippen molar-refractivity contribution in [1.29, 1.82) is 0 Å². The van der Waals surface area contributed by atoms with Crippen molar-refractivity contribution in [2.24, 2.45) is 0 Å². The van der Waals surface area contributed by atoms with Crippen LogP contribution in [0.25, 0.3) is 0 Å². The van der Waals surface area contributed by atoms with Crippen LogP contribution in [0.1, 0.15) is 37.5 Å². The van der Waals surface area contributed by atoms with Gasteiger partial charge in [0.25, 0.3) is 0 Å². The minimum absolute atomic E-state index is 0.134. The standard InChI is InChI=1S/C21H28N2O3S/c1-16-9-11-19(12-10-16)27(25,26)23(15-20(24)22-21(3,4)5)14-18-8-6-7-17(2)13-18/h6-13H,14-15H2,1-5H3,(H,22,24). The van der Waals surface area contributed by atoms with E-state index in [1.807, 2.05) is 58.9 Å². The van der Waals surface area contributed by atoms with Crippen molar-refractivity contribution < 1.29 is 13.2 Å². The molecule has 1 N–H and O–H groups in total. The third-order valence-electron chi connectivity index (χ3n) is 3.93. The van der Waals surface area contributed by atoms with Gasteiger partial charge in [0.1, 0.15) is 0 Å². The van der Waals surface area contributed by atoms with E-state index in [-0.39, 0.29) is 23.9 Å². The highest BCUT2D eigenvalue weighted by Crippen LogP contribution is 2.19. The first-order valence-corrected chi connectivity index (χ1v) is 10.3. The molecule has 0 atom stereocenters. The molecule has 0 fully saturated rings. The van der Waals surface area contributed by atoms with Gasteiger partial charge in [-0.25, -0.2) is 8.42 Å². The molecule has 0 aromatic heterocycles. The molecule has 0 radical (unpaired) electrons. The van der Waals surface area contributed by atoms with Gasteiger partial charge in [-0.1, -0.05) is 47.5 Å². The van der Waals surface area contributed by atoms with Crippen LogP contribution in [0.5, 0.6) is 0 Å². The quantitative estimate of drug-likeness (QED) is 0.825. The summed E-state index contributed by atoms with van der Waals surface area (Å²) in [7, 11) is -3.81. The zero-order chi connectivity index (χ0) is 20.2. The minimum atomic E-state index is -3.81. The Labute approximate surface area is 162 Å². The molecule has 146 valence electrons. The third kappa shape index (κ3) is 6.19. The van der Waals surface area contributed by atoms with Crippen LogP contribution in [-0.2, 0) is 21.4 Å². The molecule has 0 spiro atoms. The zero-order valence-corrected chi connectivity index (χ0v) is 17.4. The molecule has 27 heavy (non-hydrogen) atoms. The molecule has 0 saturated carbocycles. The third-order valence-corrected chi connectivity index (χ3v) is 5.74. The summed E-state index contributed by atoms with van der Waals surface area (Å²) >= 11 is 0. The Morgan fingerprint density at radius 1 is 1.00 bits per heavy atom. The molecule has 0 aliphatic rings. The Balaban J connectivity index is 2.35. The number of hydrogen-bond acceptors (Lipinski definition) is 3. The lowest BCUT2D eigenvalue weighted by atomic mass is 10.1. The van der Waals surface area contributed by atoms with E-state index in [1.54, 1.807) is 24.3 Å². The first kappa shape index (κ1) is 21.1. The molecule has 5 nitrogen and oxygen atoms in total. The second-order valence-electron chi connectivity index (χ2n) is 7.87. The van der Waals surface area contributed by atoms with Gasteiger partial charge >= 0.3 is 0 Å². The Morgan fingerprint density at radius 3 is 2.19 bits per heavy atom. The highest BCUT2D eigenvalue weighted by molar-refractivity contribution is 7.89. The molecule has 0 saturated heterocycles. The van der Waals surface area contributed by atoms with Gasteiger partial charge in [0.05, 0.1) is 11.4 Å². The summed E-state index contributed by atoms with van der Waals surface area (Å²) in [6.07, 6.45) is 0. The van der Waals surface area contributed by atoms with Crippen LogP contribution in [0, 0.1) is 13.8 Å². The van der Waals surface area contributed by atoms with Crippen LogP contribution in [0.2, 0.25) is 0 Å². The van der Waals surface area contributed by atoms with Gasteiger partial charge in [-0.05, 0) is 52.3 Å². The van der Waals surface area contributed by atoms with Crippen molar-refractivity contribution in [1.82, 2.24) is 9.62 Å². The smallest absolute Gasteiger partial charge is 0.243 e. The maximum atomic E-state index is 13.2. The predicted octanol–water partition coefficient (Wildman–Crippen LogP) is 3.41. The minimum Gasteiger partial charge on any atom is -0.350 e. The number of nitrogens with one attached hydrogen (secondary N) is 1. The monoisotopic (exact) mass is 388 g/mol. The van der Waals surface area contributed by atoms with E-state index in [0.717, 1.165) is 16.7 Å². The van der Waals surface area contributed by atoms with Gasteiger partial charge in [-0.15, -0.1) is 0 Å². The molecule has 0 heterocycles. The summed E-state index contributed by atoms with van der Waals surface area (Å²) in [4.78, 5) is 12.6. The van der Waals surface area contributed by atoms with E-state index in [4.69, 9.17) is 0 Å². The molecule has 2 aromatic rings. The maximum Gasteiger partial charge on any atom is 0.243 e. The fourth-order valence-corrected chi connectivity index (χ4v) is 4.10. The fraction of sp³-hybridized carbons (Fsp3) is 0.381. The maximum absolute atomic E-state index is 13.2. The molecule has 0 aliphatic heterocycles. The van der Waals surface area contributed by atoms with Crippen molar-refractivity contribution in [2.75, 3.05) is 6.54 Å². The van der Waals surface area contributed by atoms with E-state index < -0.39 is 15.6 Å². The number of carbonyl (C=O) groups excluding carboxylic acids is 1. The largest absolute Gasteiger partial charge is 0.350 e. The summed E-state index contributed by atoms with van der Waals surface area (Å²) in [6, 6.07) is 14.3. The first-order chi connectivity index (χ1) is 12.5. The molecule has 2 aromatic carbocycles. The molecule has 1 amide bonds. The lowest BCUT2D eigenvalue weighted by Crippen LogP contribution is -2.47. The van der Waals surface area contributed by atoms with Crippen molar-refractivity contribution in [3.63, 3.8) is 0 Å². The van der Waals surface area contributed by atoms with E-state index >= 15 is 0 Å². The van der Waals surface area contributed by atoms with Gasteiger partial charge in [-0.3, -0.25) is 4.79 Å². The van der Waals surface area contributed by atoms with Crippen LogP contribution in [0.15, 0.2) is 53.4 Å². The number of sulfonamides is 1. The summed E-state index contributed by atoms with van der Waals surface area (Å²) in [5, 5.41) is 2.83. The fourth-order valence-electron chi connectivity index (χ4n) is 2.72. The molecular formula is C21H28N2O3S. The van der Waals surface area contributed by atoms with Crippen molar-refractivity contribution in [2.45, 2.75) is 51.6 Å².